The van der Waals surface area contributed by atoms with Crippen molar-refractivity contribution in [1.29, 1.82) is 0 Å². The summed E-state index contributed by atoms with van der Waals surface area (Å²) in [5.41, 5.74) is 1.03. The Kier molecular flexibility index (Phi) is 3.98. The van der Waals surface area contributed by atoms with Crippen molar-refractivity contribution in [2.45, 2.75) is 13.0 Å². The molecule has 14 heavy (non-hydrogen) atoms. The van der Waals surface area contributed by atoms with E-state index in [0.29, 0.717) is 11.6 Å². The van der Waals surface area contributed by atoms with Crippen molar-refractivity contribution in [1.82, 2.24) is 5.32 Å². The molecule has 0 aliphatic rings. The molecule has 1 unspecified atom stereocenters. The molecule has 76 valence electrons. The van der Waals surface area contributed by atoms with Crippen LogP contribution in [0.4, 0.5) is 0 Å². The van der Waals surface area contributed by atoms with Crippen LogP contribution in [-0.2, 0) is 0 Å². The van der Waals surface area contributed by atoms with E-state index in [1.165, 1.54) is 0 Å². The van der Waals surface area contributed by atoms with E-state index in [0.717, 1.165) is 5.56 Å². The molecule has 3 heteroatoms. The summed E-state index contributed by atoms with van der Waals surface area (Å²) in [6, 6.07) is 7.30. The van der Waals surface area contributed by atoms with E-state index in [1.807, 2.05) is 19.1 Å². The Balaban J connectivity index is 2.60. The second-order valence-electron chi connectivity index (χ2n) is 3.21. The lowest BCUT2D eigenvalue weighted by Gasteiger charge is -2.13. The van der Waals surface area contributed by atoms with Gasteiger partial charge in [-0.15, -0.1) is 0 Å². The normalized spacial score (nSPS) is 12.4. The molecule has 0 heterocycles. The number of nitrogens with one attached hydrogen (secondary N) is 1. The fourth-order valence-corrected chi connectivity index (χ4v) is 1.25. The van der Waals surface area contributed by atoms with Crippen LogP contribution in [0.25, 0.3) is 0 Å². The van der Waals surface area contributed by atoms with Crippen molar-refractivity contribution >= 4 is 11.6 Å². The van der Waals surface area contributed by atoms with Crippen LogP contribution >= 0.6 is 11.6 Å². The van der Waals surface area contributed by atoms with E-state index in [-0.39, 0.29) is 11.8 Å². The van der Waals surface area contributed by atoms with Gasteiger partial charge in [-0.1, -0.05) is 30.3 Å². The number of hydrogen-bond donors (Lipinski definition) is 2. The third kappa shape index (κ3) is 3.40. The third-order valence-corrected chi connectivity index (χ3v) is 2.10. The Labute approximate surface area is 89.2 Å². The summed E-state index contributed by atoms with van der Waals surface area (Å²) >= 11 is 5.63. The maximum Gasteiger partial charge on any atom is 0.115 e. The Hall–Kier alpha value is -0.990. The topological polar surface area (TPSA) is 32.3 Å². The summed E-state index contributed by atoms with van der Waals surface area (Å²) < 4.78 is 0. The van der Waals surface area contributed by atoms with Crippen LogP contribution in [0.3, 0.4) is 0 Å². The number of rotatable bonds is 4. The molecule has 0 aliphatic heterocycles. The first-order chi connectivity index (χ1) is 6.59. The summed E-state index contributed by atoms with van der Waals surface area (Å²) in [5.74, 6) is 0.279. The van der Waals surface area contributed by atoms with Crippen LogP contribution in [0.5, 0.6) is 5.75 Å². The summed E-state index contributed by atoms with van der Waals surface area (Å²) in [7, 11) is 0. The van der Waals surface area contributed by atoms with Crippen molar-refractivity contribution in [2.24, 2.45) is 0 Å². The lowest BCUT2D eigenvalue weighted by Crippen LogP contribution is -2.19. The van der Waals surface area contributed by atoms with E-state index < -0.39 is 0 Å². The summed E-state index contributed by atoms with van der Waals surface area (Å²) in [6.07, 6.45) is 0. The van der Waals surface area contributed by atoms with Gasteiger partial charge in [-0.05, 0) is 24.6 Å². The average Bonchev–Trinajstić information content (AvgIpc) is 2.14. The van der Waals surface area contributed by atoms with Crippen LogP contribution < -0.4 is 5.32 Å². The van der Waals surface area contributed by atoms with E-state index in [2.05, 4.69) is 11.9 Å². The highest BCUT2D eigenvalue weighted by Gasteiger charge is 2.04. The highest BCUT2D eigenvalue weighted by atomic mass is 35.5. The average molecular weight is 212 g/mol. The first kappa shape index (κ1) is 11.1. The molecule has 0 aromatic heterocycles. The lowest BCUT2D eigenvalue weighted by molar-refractivity contribution is 0.472. The van der Waals surface area contributed by atoms with Gasteiger partial charge in [0.2, 0.25) is 0 Å². The maximum absolute atomic E-state index is 9.27. The zero-order valence-electron chi connectivity index (χ0n) is 8.13. The number of aromatic hydroxyl groups is 1. The first-order valence-corrected chi connectivity index (χ1v) is 4.83. The van der Waals surface area contributed by atoms with Gasteiger partial charge in [-0.25, -0.2) is 0 Å². The summed E-state index contributed by atoms with van der Waals surface area (Å²) in [4.78, 5) is 0. The molecule has 1 aromatic carbocycles. The molecule has 0 saturated heterocycles. The van der Waals surface area contributed by atoms with Crippen LogP contribution in [0.15, 0.2) is 35.9 Å². The Morgan fingerprint density at radius 3 is 2.93 bits per heavy atom. The van der Waals surface area contributed by atoms with Crippen molar-refractivity contribution in [3.8, 4) is 5.75 Å². The van der Waals surface area contributed by atoms with Gasteiger partial charge < -0.3 is 10.4 Å². The van der Waals surface area contributed by atoms with Crippen LogP contribution in [-0.4, -0.2) is 11.7 Å². The predicted molar refractivity (Wildman–Crippen MR) is 59.5 cm³/mol. The van der Waals surface area contributed by atoms with Gasteiger partial charge in [-0.3, -0.25) is 0 Å². The minimum absolute atomic E-state index is 0.151. The van der Waals surface area contributed by atoms with Crippen LogP contribution in [0.1, 0.15) is 18.5 Å². The SMILES string of the molecule is C=C(Cl)CNC(C)c1cccc(O)c1. The second-order valence-corrected chi connectivity index (χ2v) is 3.75. The smallest absolute Gasteiger partial charge is 0.115 e. The van der Waals surface area contributed by atoms with Gasteiger partial charge in [0.25, 0.3) is 0 Å². The molecular formula is C11H14ClNO. The molecule has 0 radical (unpaired) electrons. The van der Waals surface area contributed by atoms with Gasteiger partial charge in [-0.2, -0.15) is 0 Å². The van der Waals surface area contributed by atoms with E-state index in [1.54, 1.807) is 12.1 Å². The molecule has 1 rings (SSSR count). The highest BCUT2D eigenvalue weighted by Crippen LogP contribution is 2.17. The van der Waals surface area contributed by atoms with E-state index in [4.69, 9.17) is 11.6 Å². The molecule has 0 aliphatic carbocycles. The molecule has 1 atom stereocenters. The van der Waals surface area contributed by atoms with Gasteiger partial charge in [0, 0.05) is 17.6 Å². The Morgan fingerprint density at radius 2 is 2.36 bits per heavy atom. The standard InChI is InChI=1S/C11H14ClNO/c1-8(12)7-13-9(2)10-4-3-5-11(14)6-10/h3-6,9,13-14H,1,7H2,2H3. The monoisotopic (exact) mass is 211 g/mol. The molecule has 2 N–H and O–H groups in total. The molecule has 1 aromatic rings. The number of hydrogen-bond acceptors (Lipinski definition) is 2. The number of halogens is 1. The number of benzene rings is 1. The van der Waals surface area contributed by atoms with E-state index >= 15 is 0 Å². The fourth-order valence-electron chi connectivity index (χ4n) is 1.18. The minimum atomic E-state index is 0.151. The quantitative estimate of drug-likeness (QED) is 0.803. The van der Waals surface area contributed by atoms with Gasteiger partial charge >= 0.3 is 0 Å². The predicted octanol–water partition coefficient (Wildman–Crippen LogP) is 2.80. The maximum atomic E-state index is 9.27. The fraction of sp³-hybridized carbons (Fsp3) is 0.273. The Morgan fingerprint density at radius 1 is 1.64 bits per heavy atom. The highest BCUT2D eigenvalue weighted by molar-refractivity contribution is 6.29. The molecule has 2 nitrogen and oxygen atoms in total. The Bertz CT molecular complexity index is 325. The summed E-state index contributed by atoms with van der Waals surface area (Å²) in [6.45, 7) is 6.17. The number of phenolic OH excluding ortho intramolecular Hbond substituents is 1. The van der Waals surface area contributed by atoms with Crippen LogP contribution in [0, 0.1) is 0 Å². The zero-order chi connectivity index (χ0) is 10.6. The lowest BCUT2D eigenvalue weighted by atomic mass is 10.1. The van der Waals surface area contributed by atoms with Gasteiger partial charge in [0.15, 0.2) is 0 Å². The minimum Gasteiger partial charge on any atom is -0.508 e. The second kappa shape index (κ2) is 5.03. The zero-order valence-corrected chi connectivity index (χ0v) is 8.88. The molecule has 0 spiro atoms. The van der Waals surface area contributed by atoms with Crippen LogP contribution in [0.2, 0.25) is 0 Å². The molecule has 0 saturated carbocycles. The largest absolute Gasteiger partial charge is 0.508 e. The summed E-state index contributed by atoms with van der Waals surface area (Å²) in [5, 5.41) is 13.0. The van der Waals surface area contributed by atoms with Crippen molar-refractivity contribution in [3.63, 3.8) is 0 Å². The van der Waals surface area contributed by atoms with Gasteiger partial charge in [0.1, 0.15) is 5.75 Å². The van der Waals surface area contributed by atoms with E-state index in [9.17, 15) is 5.11 Å². The molecule has 0 amide bonds. The van der Waals surface area contributed by atoms with Crippen molar-refractivity contribution < 1.29 is 5.11 Å². The third-order valence-electron chi connectivity index (χ3n) is 1.97. The number of phenols is 1. The molecule has 0 bridgehead atoms. The molecule has 0 fully saturated rings. The first-order valence-electron chi connectivity index (χ1n) is 4.45. The molecular weight excluding hydrogens is 198 g/mol. The van der Waals surface area contributed by atoms with Crippen molar-refractivity contribution in [3.05, 3.63) is 41.4 Å². The van der Waals surface area contributed by atoms with Gasteiger partial charge in [0.05, 0.1) is 0 Å². The van der Waals surface area contributed by atoms with Crippen molar-refractivity contribution in [2.75, 3.05) is 6.54 Å².